The number of piperidine rings is 1. The van der Waals surface area contributed by atoms with Gasteiger partial charge >= 0.3 is 0 Å². The molecule has 3 rings (SSSR count). The van der Waals surface area contributed by atoms with Gasteiger partial charge in [-0.3, -0.25) is 9.69 Å². The van der Waals surface area contributed by atoms with Crippen LogP contribution >= 0.6 is 0 Å². The average molecular weight is 318 g/mol. The summed E-state index contributed by atoms with van der Waals surface area (Å²) in [5.41, 5.74) is 1.17. The molecule has 0 radical (unpaired) electrons. The number of hydrogen-bond acceptors (Lipinski definition) is 4. The van der Waals surface area contributed by atoms with Gasteiger partial charge in [0.2, 0.25) is 5.91 Å². The van der Waals surface area contributed by atoms with E-state index in [-0.39, 0.29) is 11.7 Å². The molecular weight excluding hydrogens is 292 g/mol. The van der Waals surface area contributed by atoms with E-state index in [1.54, 1.807) is 0 Å². The Hall–Kier alpha value is -1.43. The zero-order valence-corrected chi connectivity index (χ0v) is 13.9. The van der Waals surface area contributed by atoms with Gasteiger partial charge in [-0.2, -0.15) is 0 Å². The Balaban J connectivity index is 1.50. The molecule has 2 heterocycles. The van der Waals surface area contributed by atoms with E-state index in [0.29, 0.717) is 26.3 Å². The molecule has 0 aromatic heterocycles. The fourth-order valence-electron chi connectivity index (χ4n) is 3.31. The molecule has 1 aromatic carbocycles. The number of carbonyl (C=O) groups is 1. The van der Waals surface area contributed by atoms with Crippen molar-refractivity contribution in [2.24, 2.45) is 0 Å². The van der Waals surface area contributed by atoms with Gasteiger partial charge in [0.25, 0.3) is 0 Å². The van der Waals surface area contributed by atoms with Gasteiger partial charge in [0.1, 0.15) is 0 Å². The largest absolute Gasteiger partial charge is 0.347 e. The van der Waals surface area contributed by atoms with E-state index < -0.39 is 0 Å². The Morgan fingerprint density at radius 3 is 2.43 bits per heavy atom. The fraction of sp³-hybridized carbons (Fsp3) is 0.611. The first kappa shape index (κ1) is 16.4. The topological polar surface area (TPSA) is 42.0 Å². The minimum Gasteiger partial charge on any atom is -0.347 e. The number of hydrogen-bond donors (Lipinski definition) is 0. The molecule has 0 saturated carbocycles. The molecular formula is C18H26N2O3. The Morgan fingerprint density at radius 1 is 1.17 bits per heavy atom. The first-order valence-electron chi connectivity index (χ1n) is 8.53. The first-order valence-corrected chi connectivity index (χ1v) is 8.53. The molecule has 0 bridgehead atoms. The molecule has 126 valence electrons. The third kappa shape index (κ3) is 4.10. The van der Waals surface area contributed by atoms with Crippen LogP contribution in [0.25, 0.3) is 0 Å². The van der Waals surface area contributed by atoms with E-state index in [0.717, 1.165) is 32.5 Å². The summed E-state index contributed by atoms with van der Waals surface area (Å²) in [4.78, 5) is 16.7. The van der Waals surface area contributed by atoms with Crippen molar-refractivity contribution in [3.8, 4) is 0 Å². The molecule has 2 saturated heterocycles. The van der Waals surface area contributed by atoms with Crippen LogP contribution in [0, 0.1) is 0 Å². The van der Waals surface area contributed by atoms with Gasteiger partial charge in [0.05, 0.1) is 19.8 Å². The predicted octanol–water partition coefficient (Wildman–Crippen LogP) is 1.87. The highest BCUT2D eigenvalue weighted by Crippen LogP contribution is 2.31. The quantitative estimate of drug-likeness (QED) is 0.831. The minimum atomic E-state index is -0.367. The lowest BCUT2D eigenvalue weighted by Gasteiger charge is -2.37. The van der Waals surface area contributed by atoms with E-state index in [1.807, 2.05) is 30.0 Å². The zero-order valence-electron chi connectivity index (χ0n) is 13.9. The maximum absolute atomic E-state index is 12.6. The lowest BCUT2D eigenvalue weighted by molar-refractivity contribution is -0.186. The van der Waals surface area contributed by atoms with Crippen molar-refractivity contribution in [1.82, 2.24) is 9.80 Å². The van der Waals surface area contributed by atoms with Crippen molar-refractivity contribution in [3.05, 3.63) is 35.9 Å². The van der Waals surface area contributed by atoms with Crippen molar-refractivity contribution in [2.75, 3.05) is 39.4 Å². The van der Waals surface area contributed by atoms with Gasteiger partial charge in [0.15, 0.2) is 5.79 Å². The summed E-state index contributed by atoms with van der Waals surface area (Å²) in [5, 5.41) is 0. The second-order valence-corrected chi connectivity index (χ2v) is 6.28. The Bertz CT molecular complexity index is 504. The zero-order chi connectivity index (χ0) is 16.1. The molecule has 0 unspecified atom stereocenters. The van der Waals surface area contributed by atoms with E-state index in [4.69, 9.17) is 9.47 Å². The summed E-state index contributed by atoms with van der Waals surface area (Å²) in [7, 11) is 0. The van der Waals surface area contributed by atoms with Crippen LogP contribution in [0.3, 0.4) is 0 Å². The summed E-state index contributed by atoms with van der Waals surface area (Å²) in [6.45, 7) is 7.03. The average Bonchev–Trinajstić information content (AvgIpc) is 3.04. The van der Waals surface area contributed by atoms with Crippen LogP contribution in [0.5, 0.6) is 0 Å². The van der Waals surface area contributed by atoms with E-state index in [9.17, 15) is 4.79 Å². The molecule has 5 heteroatoms. The maximum atomic E-state index is 12.6. The SMILES string of the molecule is CCN(Cc1ccccc1)C(=O)CN1CCC2(CC1)OCCO2. The number of rotatable bonds is 5. The van der Waals surface area contributed by atoms with Gasteiger partial charge in [-0.25, -0.2) is 0 Å². The van der Waals surface area contributed by atoms with Crippen LogP contribution in [-0.4, -0.2) is 60.9 Å². The second-order valence-electron chi connectivity index (χ2n) is 6.28. The van der Waals surface area contributed by atoms with Crippen LogP contribution in [0.15, 0.2) is 30.3 Å². The number of likely N-dealkylation sites (N-methyl/N-ethyl adjacent to an activating group) is 1. The number of amides is 1. The van der Waals surface area contributed by atoms with Crippen molar-refractivity contribution in [2.45, 2.75) is 32.1 Å². The molecule has 0 N–H and O–H groups in total. The lowest BCUT2D eigenvalue weighted by atomic mass is 10.0. The number of carbonyl (C=O) groups excluding carboxylic acids is 1. The van der Waals surface area contributed by atoms with Crippen LogP contribution in [0.4, 0.5) is 0 Å². The monoisotopic (exact) mass is 318 g/mol. The number of ether oxygens (including phenoxy) is 2. The van der Waals surface area contributed by atoms with Crippen molar-refractivity contribution in [1.29, 1.82) is 0 Å². The van der Waals surface area contributed by atoms with E-state index >= 15 is 0 Å². The normalized spacial score (nSPS) is 20.7. The minimum absolute atomic E-state index is 0.195. The molecule has 2 fully saturated rings. The van der Waals surface area contributed by atoms with Crippen LogP contribution in [-0.2, 0) is 20.8 Å². The predicted molar refractivity (Wildman–Crippen MR) is 87.8 cm³/mol. The molecule has 23 heavy (non-hydrogen) atoms. The molecule has 5 nitrogen and oxygen atoms in total. The van der Waals surface area contributed by atoms with Gasteiger partial charge < -0.3 is 14.4 Å². The summed E-state index contributed by atoms with van der Waals surface area (Å²) in [6.07, 6.45) is 1.70. The summed E-state index contributed by atoms with van der Waals surface area (Å²) >= 11 is 0. The lowest BCUT2D eigenvalue weighted by Crippen LogP contribution is -2.48. The molecule has 0 aliphatic carbocycles. The molecule has 1 aromatic rings. The smallest absolute Gasteiger partial charge is 0.237 e. The van der Waals surface area contributed by atoms with Gasteiger partial charge in [-0.1, -0.05) is 30.3 Å². The second kappa shape index (κ2) is 7.43. The van der Waals surface area contributed by atoms with Crippen LogP contribution in [0.1, 0.15) is 25.3 Å². The molecule has 2 aliphatic rings. The van der Waals surface area contributed by atoms with E-state index in [1.165, 1.54) is 5.56 Å². The first-order chi connectivity index (χ1) is 11.2. The van der Waals surface area contributed by atoms with Gasteiger partial charge in [-0.15, -0.1) is 0 Å². The number of likely N-dealkylation sites (tertiary alicyclic amines) is 1. The van der Waals surface area contributed by atoms with E-state index in [2.05, 4.69) is 17.0 Å². The third-order valence-corrected chi connectivity index (χ3v) is 4.74. The van der Waals surface area contributed by atoms with Gasteiger partial charge in [-0.05, 0) is 12.5 Å². The summed E-state index contributed by atoms with van der Waals surface area (Å²) in [5.74, 6) is -0.172. The third-order valence-electron chi connectivity index (χ3n) is 4.74. The van der Waals surface area contributed by atoms with Crippen molar-refractivity contribution < 1.29 is 14.3 Å². The number of nitrogens with zero attached hydrogens (tertiary/aromatic N) is 2. The fourth-order valence-corrected chi connectivity index (χ4v) is 3.31. The highest BCUT2D eigenvalue weighted by molar-refractivity contribution is 5.78. The Morgan fingerprint density at radius 2 is 1.83 bits per heavy atom. The molecule has 1 amide bonds. The Labute approximate surface area is 138 Å². The van der Waals surface area contributed by atoms with Crippen molar-refractivity contribution >= 4 is 5.91 Å². The molecule has 2 aliphatic heterocycles. The highest BCUT2D eigenvalue weighted by Gasteiger charge is 2.40. The molecule has 1 spiro atoms. The van der Waals surface area contributed by atoms with Gasteiger partial charge in [0, 0.05) is 39.0 Å². The molecule has 0 atom stereocenters. The summed E-state index contributed by atoms with van der Waals surface area (Å²) in [6, 6.07) is 10.2. The standard InChI is InChI=1S/C18H26N2O3/c1-2-20(14-16-6-4-3-5-7-16)17(21)15-19-10-8-18(9-11-19)22-12-13-23-18/h3-7H,2,8-15H2,1H3. The highest BCUT2D eigenvalue weighted by atomic mass is 16.7. The maximum Gasteiger partial charge on any atom is 0.237 e. The van der Waals surface area contributed by atoms with Crippen LogP contribution < -0.4 is 0 Å². The number of benzene rings is 1. The Kier molecular flexibility index (Phi) is 5.30. The van der Waals surface area contributed by atoms with Crippen molar-refractivity contribution in [3.63, 3.8) is 0 Å². The van der Waals surface area contributed by atoms with Crippen LogP contribution in [0.2, 0.25) is 0 Å². The summed E-state index contributed by atoms with van der Waals surface area (Å²) < 4.78 is 11.5.